The molecule has 3 nitrogen and oxygen atoms in total. The zero-order valence-electron chi connectivity index (χ0n) is 11.4. The van der Waals surface area contributed by atoms with E-state index in [0.717, 1.165) is 16.1 Å². The first kappa shape index (κ1) is 13.3. The predicted octanol–water partition coefficient (Wildman–Crippen LogP) is 3.65. The van der Waals surface area contributed by atoms with Crippen molar-refractivity contribution in [3.05, 3.63) is 69.8 Å². The molecule has 0 fully saturated rings. The van der Waals surface area contributed by atoms with E-state index in [1.165, 1.54) is 15.9 Å². The number of hydrogen-bond donors (Lipinski definition) is 0. The lowest BCUT2D eigenvalue weighted by Crippen LogP contribution is -2.22. The normalized spacial score (nSPS) is 10.3. The molecule has 0 unspecified atom stereocenters. The Morgan fingerprint density at radius 2 is 1.90 bits per heavy atom. The second kappa shape index (κ2) is 5.39. The average Bonchev–Trinajstić information content (AvgIpc) is 3.05. The molecule has 2 heterocycles. The van der Waals surface area contributed by atoms with Crippen LogP contribution in [-0.4, -0.2) is 4.57 Å². The SMILES string of the molecule is Cn1c(-c2ccccc2)cc(-c2cccs2)c(C#N)c1=O. The number of hydrogen-bond acceptors (Lipinski definition) is 3. The van der Waals surface area contributed by atoms with Crippen molar-refractivity contribution in [2.45, 2.75) is 0 Å². The molecule has 0 N–H and O–H groups in total. The summed E-state index contributed by atoms with van der Waals surface area (Å²) in [6.07, 6.45) is 0. The van der Waals surface area contributed by atoms with E-state index in [1.807, 2.05) is 60.0 Å². The third-order valence-electron chi connectivity index (χ3n) is 3.40. The molecule has 0 spiro atoms. The summed E-state index contributed by atoms with van der Waals surface area (Å²) in [5.41, 5.74) is 2.40. The minimum atomic E-state index is -0.262. The molecule has 0 saturated carbocycles. The molecule has 3 aromatic rings. The summed E-state index contributed by atoms with van der Waals surface area (Å²) < 4.78 is 1.53. The van der Waals surface area contributed by atoms with Gasteiger partial charge in [-0.3, -0.25) is 4.79 Å². The zero-order valence-corrected chi connectivity index (χ0v) is 12.2. The maximum absolute atomic E-state index is 12.5. The summed E-state index contributed by atoms with van der Waals surface area (Å²) in [6.45, 7) is 0. The Labute approximate surface area is 126 Å². The lowest BCUT2D eigenvalue weighted by Gasteiger charge is -2.12. The van der Waals surface area contributed by atoms with Gasteiger partial charge in [-0.2, -0.15) is 5.26 Å². The van der Waals surface area contributed by atoms with Crippen molar-refractivity contribution in [1.82, 2.24) is 4.57 Å². The topological polar surface area (TPSA) is 45.8 Å². The monoisotopic (exact) mass is 292 g/mol. The molecule has 1 aromatic carbocycles. The van der Waals surface area contributed by atoms with Crippen LogP contribution in [0.15, 0.2) is 58.7 Å². The fourth-order valence-electron chi connectivity index (χ4n) is 2.32. The van der Waals surface area contributed by atoms with Crippen molar-refractivity contribution in [3.8, 4) is 27.8 Å². The van der Waals surface area contributed by atoms with Gasteiger partial charge in [-0.25, -0.2) is 0 Å². The van der Waals surface area contributed by atoms with Crippen molar-refractivity contribution in [2.24, 2.45) is 7.05 Å². The molecular weight excluding hydrogens is 280 g/mol. The summed E-state index contributed by atoms with van der Waals surface area (Å²) in [4.78, 5) is 13.4. The van der Waals surface area contributed by atoms with Gasteiger partial charge in [-0.1, -0.05) is 36.4 Å². The van der Waals surface area contributed by atoms with Crippen LogP contribution in [0.2, 0.25) is 0 Å². The summed E-state index contributed by atoms with van der Waals surface area (Å²) in [5.74, 6) is 0. The molecule has 3 rings (SSSR count). The molecule has 0 saturated heterocycles. The van der Waals surface area contributed by atoms with Gasteiger partial charge < -0.3 is 4.57 Å². The number of aromatic nitrogens is 1. The third kappa shape index (κ3) is 2.28. The van der Waals surface area contributed by atoms with Gasteiger partial charge in [0.1, 0.15) is 11.6 Å². The first-order chi connectivity index (χ1) is 10.2. The Hall–Kier alpha value is -2.64. The van der Waals surface area contributed by atoms with E-state index in [4.69, 9.17) is 0 Å². The second-order valence-corrected chi connectivity index (χ2v) is 5.59. The number of pyridine rings is 1. The first-order valence-electron chi connectivity index (χ1n) is 6.46. The molecule has 0 aliphatic rings. The molecular formula is C17H12N2OS. The van der Waals surface area contributed by atoms with Crippen LogP contribution in [-0.2, 0) is 7.05 Å². The van der Waals surface area contributed by atoms with Gasteiger partial charge in [-0.15, -0.1) is 11.3 Å². The second-order valence-electron chi connectivity index (χ2n) is 4.64. The molecule has 0 radical (unpaired) electrons. The third-order valence-corrected chi connectivity index (χ3v) is 4.30. The van der Waals surface area contributed by atoms with Crippen LogP contribution in [0.25, 0.3) is 21.7 Å². The standard InChI is InChI=1S/C17H12N2OS/c1-19-15(12-6-3-2-4-7-12)10-13(14(11-18)17(19)20)16-8-5-9-21-16/h2-10H,1H3. The van der Waals surface area contributed by atoms with E-state index in [-0.39, 0.29) is 11.1 Å². The first-order valence-corrected chi connectivity index (χ1v) is 7.34. The Morgan fingerprint density at radius 1 is 1.14 bits per heavy atom. The highest BCUT2D eigenvalue weighted by Crippen LogP contribution is 2.30. The largest absolute Gasteiger partial charge is 0.310 e. The number of benzene rings is 1. The van der Waals surface area contributed by atoms with E-state index in [0.29, 0.717) is 5.56 Å². The Balaban J connectivity index is 2.34. The van der Waals surface area contributed by atoms with Crippen LogP contribution in [0.1, 0.15) is 5.56 Å². The van der Waals surface area contributed by atoms with Crippen LogP contribution in [0.4, 0.5) is 0 Å². The van der Waals surface area contributed by atoms with E-state index in [2.05, 4.69) is 0 Å². The highest BCUT2D eigenvalue weighted by molar-refractivity contribution is 7.13. The summed E-state index contributed by atoms with van der Waals surface area (Å²) >= 11 is 1.52. The average molecular weight is 292 g/mol. The highest BCUT2D eigenvalue weighted by Gasteiger charge is 2.15. The molecule has 102 valence electrons. The molecule has 0 aliphatic carbocycles. The maximum Gasteiger partial charge on any atom is 0.269 e. The van der Waals surface area contributed by atoms with Crippen molar-refractivity contribution < 1.29 is 0 Å². The van der Waals surface area contributed by atoms with Crippen LogP contribution < -0.4 is 5.56 Å². The van der Waals surface area contributed by atoms with Crippen LogP contribution in [0.3, 0.4) is 0 Å². The lowest BCUT2D eigenvalue weighted by molar-refractivity contribution is 0.867. The molecule has 21 heavy (non-hydrogen) atoms. The van der Waals surface area contributed by atoms with E-state index in [1.54, 1.807) is 7.05 Å². The smallest absolute Gasteiger partial charge is 0.269 e. The Morgan fingerprint density at radius 3 is 2.52 bits per heavy atom. The van der Waals surface area contributed by atoms with Gasteiger partial charge in [0.05, 0.1) is 5.69 Å². The van der Waals surface area contributed by atoms with E-state index < -0.39 is 0 Å². The molecule has 2 aromatic heterocycles. The maximum atomic E-state index is 12.5. The van der Waals surface area contributed by atoms with Crippen molar-refractivity contribution in [2.75, 3.05) is 0 Å². The lowest BCUT2D eigenvalue weighted by atomic mass is 10.0. The van der Waals surface area contributed by atoms with Crippen molar-refractivity contribution >= 4 is 11.3 Å². The number of nitriles is 1. The number of nitrogens with zero attached hydrogens (tertiary/aromatic N) is 2. The summed E-state index contributed by atoms with van der Waals surface area (Å²) in [6, 6.07) is 17.5. The Kier molecular flexibility index (Phi) is 3.43. The minimum absolute atomic E-state index is 0.194. The quantitative estimate of drug-likeness (QED) is 0.723. The van der Waals surface area contributed by atoms with E-state index >= 15 is 0 Å². The molecule has 0 atom stereocenters. The van der Waals surface area contributed by atoms with Gasteiger partial charge in [0.25, 0.3) is 5.56 Å². The predicted molar refractivity (Wildman–Crippen MR) is 85.1 cm³/mol. The van der Waals surface area contributed by atoms with Gasteiger partial charge in [0.2, 0.25) is 0 Å². The molecule has 0 aliphatic heterocycles. The highest BCUT2D eigenvalue weighted by atomic mass is 32.1. The van der Waals surface area contributed by atoms with Crippen LogP contribution in [0, 0.1) is 11.3 Å². The number of thiophene rings is 1. The molecule has 4 heteroatoms. The van der Waals surface area contributed by atoms with Crippen molar-refractivity contribution in [1.29, 1.82) is 5.26 Å². The van der Waals surface area contributed by atoms with Crippen LogP contribution in [0.5, 0.6) is 0 Å². The fraction of sp³-hybridized carbons (Fsp3) is 0.0588. The number of rotatable bonds is 2. The van der Waals surface area contributed by atoms with Crippen molar-refractivity contribution in [3.63, 3.8) is 0 Å². The zero-order chi connectivity index (χ0) is 14.8. The van der Waals surface area contributed by atoms with Gasteiger partial charge in [-0.05, 0) is 23.1 Å². The van der Waals surface area contributed by atoms with Gasteiger partial charge >= 0.3 is 0 Å². The molecule has 0 bridgehead atoms. The van der Waals surface area contributed by atoms with E-state index in [9.17, 15) is 10.1 Å². The summed E-state index contributed by atoms with van der Waals surface area (Å²) in [5, 5.41) is 11.3. The van der Waals surface area contributed by atoms with Gasteiger partial charge in [0, 0.05) is 17.5 Å². The fourth-order valence-corrected chi connectivity index (χ4v) is 3.07. The summed E-state index contributed by atoms with van der Waals surface area (Å²) in [7, 11) is 1.70. The Bertz CT molecular complexity index is 872. The van der Waals surface area contributed by atoms with Crippen LogP contribution >= 0.6 is 11.3 Å². The molecule has 0 amide bonds. The minimum Gasteiger partial charge on any atom is -0.310 e. The van der Waals surface area contributed by atoms with Gasteiger partial charge in [0.15, 0.2) is 0 Å².